The molecule has 1 saturated carbocycles. The van der Waals surface area contributed by atoms with Crippen LogP contribution < -0.4 is 4.74 Å². The number of fused-ring (bicyclic) bond motifs is 1. The second-order valence-corrected chi connectivity index (χ2v) is 12.0. The molecule has 2 saturated heterocycles. The molecule has 8 nitrogen and oxygen atoms in total. The van der Waals surface area contributed by atoms with Gasteiger partial charge < -0.3 is 19.7 Å². The van der Waals surface area contributed by atoms with E-state index in [0.29, 0.717) is 18.5 Å². The van der Waals surface area contributed by atoms with Gasteiger partial charge in [0.05, 0.1) is 19.1 Å². The molecule has 0 bridgehead atoms. The Hall–Kier alpha value is -3.83. The highest BCUT2D eigenvalue weighted by Gasteiger charge is 2.49. The predicted octanol–water partition coefficient (Wildman–Crippen LogP) is 5.29. The van der Waals surface area contributed by atoms with Crippen LogP contribution in [0.4, 0.5) is 0 Å². The maximum atomic E-state index is 13.1. The minimum atomic E-state index is -0.839. The van der Waals surface area contributed by atoms with Crippen LogP contribution in [0.15, 0.2) is 42.6 Å². The number of benzene rings is 2. The summed E-state index contributed by atoms with van der Waals surface area (Å²) in [5.41, 5.74) is 5.40. The SMILES string of the molecule is COc1cc(C)c2[nH]ccc2c1CN1CCC2(CC(C#N)C2)C[C@H]1c1ccc(C(=O)N2CC[C@H](C(=O)O)C2)cc1. The fraction of sp³-hybridized carbons (Fsp3) is 0.469. The van der Waals surface area contributed by atoms with Gasteiger partial charge in [0.25, 0.3) is 5.91 Å². The summed E-state index contributed by atoms with van der Waals surface area (Å²) in [6.07, 6.45) is 6.45. The number of likely N-dealkylation sites (tertiary alicyclic amines) is 2. The maximum Gasteiger partial charge on any atom is 0.308 e. The van der Waals surface area contributed by atoms with Crippen LogP contribution in [0, 0.1) is 35.5 Å². The molecule has 3 aromatic rings. The van der Waals surface area contributed by atoms with Crippen molar-refractivity contribution in [3.8, 4) is 11.8 Å². The average molecular weight is 541 g/mol. The summed E-state index contributed by atoms with van der Waals surface area (Å²) in [4.78, 5) is 32.0. The third kappa shape index (κ3) is 4.62. The second-order valence-electron chi connectivity index (χ2n) is 12.0. The highest BCUT2D eigenvalue weighted by molar-refractivity contribution is 5.95. The zero-order valence-electron chi connectivity index (χ0n) is 23.2. The Morgan fingerprint density at radius 3 is 2.62 bits per heavy atom. The normalized spacial score (nSPS) is 26.5. The summed E-state index contributed by atoms with van der Waals surface area (Å²) >= 11 is 0. The van der Waals surface area contributed by atoms with Crippen molar-refractivity contribution in [3.05, 3.63) is 64.8 Å². The molecule has 3 aliphatic rings. The number of H-pyrrole nitrogens is 1. The lowest BCUT2D eigenvalue weighted by Gasteiger charge is -2.53. The minimum absolute atomic E-state index is 0.109. The standard InChI is InChI=1S/C32H36N4O4/c1-20-13-28(40-2)26(25-7-10-34-29(20)25)19-35-12-9-32(14-21(15-32)17-33)16-27(35)22-3-5-23(6-4-22)30(37)36-11-8-24(18-36)31(38)39/h3-7,10,13,21,24,27,34H,8-9,11-12,14-16,18-19H2,1-2H3,(H,38,39)/t21?,24-,27-,32?/m0/s1. The van der Waals surface area contributed by atoms with Crippen LogP contribution in [0.5, 0.6) is 5.75 Å². The number of carbonyl (C=O) groups excluding carboxylic acids is 1. The van der Waals surface area contributed by atoms with Gasteiger partial charge in [0.2, 0.25) is 0 Å². The Morgan fingerprint density at radius 1 is 1.18 bits per heavy atom. The monoisotopic (exact) mass is 540 g/mol. The molecule has 0 radical (unpaired) electrons. The molecule has 40 heavy (non-hydrogen) atoms. The van der Waals surface area contributed by atoms with Crippen molar-refractivity contribution in [1.82, 2.24) is 14.8 Å². The molecule has 2 aromatic carbocycles. The highest BCUT2D eigenvalue weighted by Crippen LogP contribution is 2.56. The number of rotatable bonds is 6. The number of nitrogens with zero attached hydrogens (tertiary/aromatic N) is 3. The molecular formula is C32H36N4O4. The number of carboxylic acid groups (broad SMARTS) is 1. The molecule has 208 valence electrons. The third-order valence-corrected chi connectivity index (χ3v) is 9.60. The van der Waals surface area contributed by atoms with E-state index in [1.54, 1.807) is 12.0 Å². The summed E-state index contributed by atoms with van der Waals surface area (Å²) < 4.78 is 5.85. The highest BCUT2D eigenvalue weighted by atomic mass is 16.5. The first kappa shape index (κ1) is 26.4. The average Bonchev–Trinajstić information content (AvgIpc) is 3.64. The van der Waals surface area contributed by atoms with E-state index in [1.807, 2.05) is 18.3 Å². The number of carboxylic acids is 1. The molecule has 1 aliphatic carbocycles. The molecule has 1 amide bonds. The molecule has 2 atom stereocenters. The predicted molar refractivity (Wildman–Crippen MR) is 151 cm³/mol. The quantitative estimate of drug-likeness (QED) is 0.440. The number of aromatic amines is 1. The minimum Gasteiger partial charge on any atom is -0.496 e. The largest absolute Gasteiger partial charge is 0.496 e. The Morgan fingerprint density at radius 2 is 1.95 bits per heavy atom. The van der Waals surface area contributed by atoms with E-state index in [9.17, 15) is 20.0 Å². The number of ether oxygens (including phenoxy) is 1. The first-order valence-corrected chi connectivity index (χ1v) is 14.2. The smallest absolute Gasteiger partial charge is 0.308 e. The molecule has 3 fully saturated rings. The van der Waals surface area contributed by atoms with Gasteiger partial charge in [-0.25, -0.2) is 0 Å². The van der Waals surface area contributed by atoms with E-state index >= 15 is 0 Å². The molecule has 2 N–H and O–H groups in total. The number of aliphatic carboxylic acids is 1. The summed E-state index contributed by atoms with van der Waals surface area (Å²) in [7, 11) is 1.73. The number of amides is 1. The van der Waals surface area contributed by atoms with E-state index in [-0.39, 0.29) is 29.8 Å². The van der Waals surface area contributed by atoms with E-state index in [1.165, 1.54) is 10.9 Å². The number of hydrogen-bond donors (Lipinski definition) is 2. The molecule has 0 unspecified atom stereocenters. The van der Waals surface area contributed by atoms with Crippen LogP contribution in [-0.4, -0.2) is 58.5 Å². The number of nitrogens with one attached hydrogen (secondary N) is 1. The lowest BCUT2D eigenvalue weighted by molar-refractivity contribution is -0.141. The van der Waals surface area contributed by atoms with E-state index in [2.05, 4.69) is 47.1 Å². The topological polar surface area (TPSA) is 110 Å². The first-order valence-electron chi connectivity index (χ1n) is 14.2. The van der Waals surface area contributed by atoms with E-state index in [4.69, 9.17) is 4.74 Å². The zero-order valence-corrected chi connectivity index (χ0v) is 23.2. The Kier molecular flexibility index (Phi) is 6.79. The summed E-state index contributed by atoms with van der Waals surface area (Å²) in [5, 5.41) is 20.0. The summed E-state index contributed by atoms with van der Waals surface area (Å²) in [6, 6.07) is 14.7. The van der Waals surface area contributed by atoms with Gasteiger partial charge in [0, 0.05) is 59.8 Å². The van der Waals surface area contributed by atoms with Gasteiger partial charge in [-0.15, -0.1) is 0 Å². The van der Waals surface area contributed by atoms with Crippen LogP contribution in [0.25, 0.3) is 10.9 Å². The first-order chi connectivity index (χ1) is 19.3. The van der Waals surface area contributed by atoms with Crippen LogP contribution in [0.3, 0.4) is 0 Å². The molecule has 6 rings (SSSR count). The fourth-order valence-corrected chi connectivity index (χ4v) is 7.30. The van der Waals surface area contributed by atoms with Gasteiger partial charge in [-0.1, -0.05) is 12.1 Å². The van der Waals surface area contributed by atoms with E-state index < -0.39 is 11.9 Å². The Bertz CT molecular complexity index is 1480. The van der Waals surface area contributed by atoms with Crippen LogP contribution in [-0.2, 0) is 11.3 Å². The molecule has 1 aromatic heterocycles. The van der Waals surface area contributed by atoms with Gasteiger partial charge in [-0.05, 0) is 86.4 Å². The summed E-state index contributed by atoms with van der Waals surface area (Å²) in [5.74, 6) is -0.390. The Labute approximate surface area is 234 Å². The van der Waals surface area contributed by atoms with Gasteiger partial charge >= 0.3 is 5.97 Å². The maximum absolute atomic E-state index is 13.1. The number of hydrogen-bond acceptors (Lipinski definition) is 5. The third-order valence-electron chi connectivity index (χ3n) is 9.60. The van der Waals surface area contributed by atoms with Gasteiger partial charge in [-0.2, -0.15) is 5.26 Å². The number of methoxy groups -OCH3 is 1. The molecule has 2 aliphatic heterocycles. The number of nitriles is 1. The van der Waals surface area contributed by atoms with Crippen molar-refractivity contribution < 1.29 is 19.4 Å². The summed E-state index contributed by atoms with van der Waals surface area (Å²) in [6.45, 7) is 4.50. The van der Waals surface area contributed by atoms with Crippen molar-refractivity contribution in [3.63, 3.8) is 0 Å². The molecule has 1 spiro atoms. The van der Waals surface area contributed by atoms with E-state index in [0.717, 1.165) is 61.2 Å². The van der Waals surface area contributed by atoms with Crippen molar-refractivity contribution >= 4 is 22.8 Å². The number of aromatic nitrogens is 1. The van der Waals surface area contributed by atoms with Gasteiger partial charge in [-0.3, -0.25) is 14.5 Å². The lowest BCUT2D eigenvalue weighted by atomic mass is 9.56. The van der Waals surface area contributed by atoms with Gasteiger partial charge in [0.1, 0.15) is 5.75 Å². The Balaban J connectivity index is 1.28. The van der Waals surface area contributed by atoms with Crippen LogP contribution in [0.2, 0.25) is 0 Å². The molecule has 8 heteroatoms. The van der Waals surface area contributed by atoms with Crippen LogP contribution in [0.1, 0.15) is 65.2 Å². The van der Waals surface area contributed by atoms with Crippen molar-refractivity contribution in [2.45, 2.75) is 51.6 Å². The fourth-order valence-electron chi connectivity index (χ4n) is 7.30. The second kappa shape index (κ2) is 10.3. The van der Waals surface area contributed by atoms with Crippen LogP contribution >= 0.6 is 0 Å². The van der Waals surface area contributed by atoms with Crippen molar-refractivity contribution in [1.29, 1.82) is 5.26 Å². The van der Waals surface area contributed by atoms with Crippen molar-refractivity contribution in [2.24, 2.45) is 17.3 Å². The number of aryl methyl sites for hydroxylation is 1. The number of piperidine rings is 1. The van der Waals surface area contributed by atoms with Gasteiger partial charge in [0.15, 0.2) is 0 Å². The van der Waals surface area contributed by atoms with Crippen molar-refractivity contribution in [2.75, 3.05) is 26.7 Å². The molecule has 3 heterocycles. The number of carbonyl (C=O) groups is 2. The molecular weight excluding hydrogens is 504 g/mol. The lowest BCUT2D eigenvalue weighted by Crippen LogP contribution is -2.48. The zero-order chi connectivity index (χ0) is 28.0.